The highest BCUT2D eigenvalue weighted by Crippen LogP contribution is 2.13. The third kappa shape index (κ3) is 12.7. The summed E-state index contributed by atoms with van der Waals surface area (Å²) in [6.45, 7) is 3.30. The van der Waals surface area contributed by atoms with Crippen molar-refractivity contribution in [3.63, 3.8) is 0 Å². The summed E-state index contributed by atoms with van der Waals surface area (Å²) in [5.74, 6) is -4.85. The molecular weight excluding hydrogens is 574 g/mol. The first-order valence-corrected chi connectivity index (χ1v) is 14.6. The molecule has 15 heteroatoms. The minimum Gasteiger partial charge on any atom is -0.508 e. The van der Waals surface area contributed by atoms with Gasteiger partial charge in [0.25, 0.3) is 0 Å². The number of rotatable bonds is 12. The second kappa shape index (κ2) is 18.1. The average Bonchev–Trinajstić information content (AvgIpc) is 2.96. The lowest BCUT2D eigenvalue weighted by atomic mass is 10.0. The van der Waals surface area contributed by atoms with Gasteiger partial charge in [0.1, 0.15) is 29.9 Å². The van der Waals surface area contributed by atoms with Gasteiger partial charge >= 0.3 is 5.97 Å². The molecule has 0 aromatic heterocycles. The van der Waals surface area contributed by atoms with E-state index in [-0.39, 0.29) is 25.0 Å². The van der Waals surface area contributed by atoms with E-state index in [2.05, 4.69) is 31.6 Å². The van der Waals surface area contributed by atoms with Gasteiger partial charge in [0, 0.05) is 13.0 Å². The number of amides is 5. The largest absolute Gasteiger partial charge is 0.508 e. The highest BCUT2D eigenvalue weighted by Gasteiger charge is 2.33. The first-order valence-electron chi connectivity index (χ1n) is 14.6. The summed E-state index contributed by atoms with van der Waals surface area (Å²) in [5, 5.41) is 31.6. The van der Waals surface area contributed by atoms with Crippen LogP contribution in [0, 0.1) is 0 Å². The molecule has 4 atom stereocenters. The normalized spacial score (nSPS) is 22.4. The molecule has 1 saturated heterocycles. The molecule has 1 fully saturated rings. The molecule has 2 rings (SSSR count). The monoisotopic (exact) mass is 617 g/mol. The number of aromatic hydroxyl groups is 1. The molecule has 242 valence electrons. The average molecular weight is 618 g/mol. The molecule has 44 heavy (non-hydrogen) atoms. The number of nitrogens with zero attached hydrogens (tertiary/aromatic N) is 1. The zero-order valence-corrected chi connectivity index (χ0v) is 25.1. The maximum atomic E-state index is 13.6. The van der Waals surface area contributed by atoms with Crippen LogP contribution < -0.4 is 32.3 Å². The lowest BCUT2D eigenvalue weighted by molar-refractivity contribution is -0.141. The molecule has 9 N–H and O–H groups in total. The van der Waals surface area contributed by atoms with E-state index in [1.165, 1.54) is 12.1 Å². The topological polar surface area (TPSA) is 241 Å². The molecular formula is C29H43N7O8. The fraction of sp³-hybridized carbons (Fsp3) is 0.552. The number of benzene rings is 1. The van der Waals surface area contributed by atoms with Crippen molar-refractivity contribution in [2.75, 3.05) is 13.1 Å². The van der Waals surface area contributed by atoms with E-state index < -0.39 is 72.6 Å². The molecule has 0 saturated carbocycles. The molecule has 15 nitrogen and oxygen atoms in total. The van der Waals surface area contributed by atoms with Gasteiger partial charge in [0.15, 0.2) is 0 Å². The van der Waals surface area contributed by atoms with Gasteiger partial charge in [-0.1, -0.05) is 38.3 Å². The van der Waals surface area contributed by atoms with Gasteiger partial charge in [0.2, 0.25) is 29.5 Å². The number of hydrogen-bond acceptors (Lipinski definition) is 8. The molecule has 0 aliphatic carbocycles. The van der Waals surface area contributed by atoms with Crippen molar-refractivity contribution in [2.24, 2.45) is 10.7 Å². The lowest BCUT2D eigenvalue weighted by Crippen LogP contribution is -2.58. The number of unbranched alkanes of at least 4 members (excludes halogenated alkanes) is 2. The number of aliphatic carboxylic acids is 1. The van der Waals surface area contributed by atoms with Crippen molar-refractivity contribution >= 4 is 41.3 Å². The molecule has 1 aliphatic heterocycles. The van der Waals surface area contributed by atoms with Gasteiger partial charge in [-0.25, -0.2) is 0 Å². The second-order valence-corrected chi connectivity index (χ2v) is 10.7. The van der Waals surface area contributed by atoms with E-state index in [0.29, 0.717) is 30.8 Å². The SMILES string of the molecule is CCCCCC1NC(=O)C(Cc2ccc(O)cc2)NC(=O)C(CC(=O)O)NC(=O)CNC(=O)C(CCCN=C(C)N)NC1=O. The third-order valence-electron chi connectivity index (χ3n) is 6.84. The van der Waals surface area contributed by atoms with Crippen LogP contribution in [0.3, 0.4) is 0 Å². The van der Waals surface area contributed by atoms with E-state index in [1.807, 2.05) is 6.92 Å². The summed E-state index contributed by atoms with van der Waals surface area (Å²) in [7, 11) is 0. The maximum Gasteiger partial charge on any atom is 0.305 e. The van der Waals surface area contributed by atoms with E-state index in [9.17, 15) is 39.0 Å². The van der Waals surface area contributed by atoms with Crippen LogP contribution in [0.15, 0.2) is 29.3 Å². The Bertz CT molecular complexity index is 1200. The van der Waals surface area contributed by atoms with Crippen LogP contribution in [0.5, 0.6) is 5.75 Å². The number of nitrogens with two attached hydrogens (primary N) is 1. The quantitative estimate of drug-likeness (QED) is 0.0832. The fourth-order valence-electron chi connectivity index (χ4n) is 4.50. The van der Waals surface area contributed by atoms with Crippen LogP contribution in [0.4, 0.5) is 0 Å². The molecule has 0 bridgehead atoms. The zero-order valence-electron chi connectivity index (χ0n) is 25.1. The Morgan fingerprint density at radius 1 is 0.841 bits per heavy atom. The molecule has 1 aliphatic rings. The van der Waals surface area contributed by atoms with Crippen LogP contribution in [0.25, 0.3) is 0 Å². The molecule has 0 spiro atoms. The maximum absolute atomic E-state index is 13.6. The van der Waals surface area contributed by atoms with Gasteiger partial charge in [-0.2, -0.15) is 0 Å². The zero-order chi connectivity index (χ0) is 32.6. The minimum atomic E-state index is -1.56. The number of phenols is 1. The van der Waals surface area contributed by atoms with Crippen LogP contribution in [-0.4, -0.2) is 88.8 Å². The van der Waals surface area contributed by atoms with E-state index in [0.717, 1.165) is 12.8 Å². The molecule has 1 aromatic carbocycles. The summed E-state index contributed by atoms with van der Waals surface area (Å²) in [4.78, 5) is 81.6. The number of amidine groups is 1. The number of carbonyl (C=O) groups is 6. The van der Waals surface area contributed by atoms with Gasteiger partial charge in [-0.15, -0.1) is 0 Å². The molecule has 1 aromatic rings. The van der Waals surface area contributed by atoms with Gasteiger partial charge in [-0.3, -0.25) is 33.8 Å². The van der Waals surface area contributed by atoms with Crippen molar-refractivity contribution in [1.82, 2.24) is 26.6 Å². The highest BCUT2D eigenvalue weighted by molar-refractivity contribution is 5.98. The van der Waals surface area contributed by atoms with Crippen molar-refractivity contribution in [1.29, 1.82) is 0 Å². The van der Waals surface area contributed by atoms with Crippen molar-refractivity contribution in [3.8, 4) is 5.75 Å². The van der Waals surface area contributed by atoms with Gasteiger partial charge in [0.05, 0.1) is 18.8 Å². The summed E-state index contributed by atoms with van der Waals surface area (Å²) in [6.07, 6.45) is 2.12. The molecule has 5 amide bonds. The number of aliphatic imine (C=N–C) groups is 1. The van der Waals surface area contributed by atoms with Crippen molar-refractivity contribution < 1.29 is 39.0 Å². The summed E-state index contributed by atoms with van der Waals surface area (Å²) in [5.41, 5.74) is 6.13. The van der Waals surface area contributed by atoms with Crippen LogP contribution in [0.1, 0.15) is 64.4 Å². The van der Waals surface area contributed by atoms with Crippen molar-refractivity contribution in [2.45, 2.75) is 89.4 Å². The van der Waals surface area contributed by atoms with Gasteiger partial charge in [-0.05, 0) is 43.9 Å². The first-order chi connectivity index (χ1) is 20.9. The Balaban J connectivity index is 2.45. The van der Waals surface area contributed by atoms with E-state index in [1.54, 1.807) is 19.1 Å². The highest BCUT2D eigenvalue weighted by atomic mass is 16.4. The Morgan fingerprint density at radius 3 is 2.02 bits per heavy atom. The minimum absolute atomic E-state index is 0.0103. The smallest absolute Gasteiger partial charge is 0.305 e. The number of carboxylic acid groups (broad SMARTS) is 1. The van der Waals surface area contributed by atoms with Crippen LogP contribution >= 0.6 is 0 Å². The predicted molar refractivity (Wildman–Crippen MR) is 160 cm³/mol. The number of phenolic OH excluding ortho intramolecular Hbond substituents is 1. The fourth-order valence-corrected chi connectivity index (χ4v) is 4.50. The van der Waals surface area contributed by atoms with E-state index >= 15 is 0 Å². The summed E-state index contributed by atoms with van der Waals surface area (Å²) < 4.78 is 0. The molecule has 1 heterocycles. The summed E-state index contributed by atoms with van der Waals surface area (Å²) in [6, 6.07) is 0.912. The second-order valence-electron chi connectivity index (χ2n) is 10.7. The predicted octanol–water partition coefficient (Wildman–Crippen LogP) is -0.784. The van der Waals surface area contributed by atoms with Gasteiger partial charge < -0.3 is 42.5 Å². The standard InChI is InChI=1S/C29H43N7O8/c1-3-4-5-7-21-27(42)34-20(8-6-13-31-17(2)30)26(41)32-16-24(38)33-23(15-25(39)40)29(44)36-22(28(43)35-21)14-18-9-11-19(37)12-10-18/h9-12,20-23,37H,3-8,13-16H2,1-2H3,(H2,30,31)(H,32,41)(H,33,38)(H,34,42)(H,35,43)(H,36,44)(H,39,40). The molecule has 0 radical (unpaired) electrons. The Hall–Kier alpha value is -4.69. The lowest BCUT2D eigenvalue weighted by Gasteiger charge is -2.26. The Labute approximate surface area is 255 Å². The van der Waals surface area contributed by atoms with Crippen molar-refractivity contribution in [3.05, 3.63) is 29.8 Å². The number of nitrogens with one attached hydrogen (secondary N) is 5. The Morgan fingerprint density at radius 2 is 1.41 bits per heavy atom. The summed E-state index contributed by atoms with van der Waals surface area (Å²) >= 11 is 0. The number of carbonyl (C=O) groups excluding carboxylic acids is 5. The Kier molecular flexibility index (Phi) is 14.6. The number of carboxylic acids is 1. The van der Waals surface area contributed by atoms with Crippen LogP contribution in [-0.2, 0) is 35.2 Å². The number of hydrogen-bond donors (Lipinski definition) is 8. The molecule has 4 unspecified atom stereocenters. The third-order valence-corrected chi connectivity index (χ3v) is 6.84. The van der Waals surface area contributed by atoms with Crippen LogP contribution in [0.2, 0.25) is 0 Å². The van der Waals surface area contributed by atoms with E-state index in [4.69, 9.17) is 5.73 Å². The first kappa shape index (κ1) is 35.5.